The molecule has 112 valence electrons. The van der Waals surface area contributed by atoms with Crippen LogP contribution < -0.4 is 10.6 Å². The maximum atomic E-state index is 13.6. The van der Waals surface area contributed by atoms with Gasteiger partial charge in [0.2, 0.25) is 0 Å². The van der Waals surface area contributed by atoms with Crippen LogP contribution in [0.3, 0.4) is 0 Å². The van der Waals surface area contributed by atoms with Crippen LogP contribution in [0.2, 0.25) is 0 Å². The summed E-state index contributed by atoms with van der Waals surface area (Å²) in [5.41, 5.74) is -0.358. The maximum Gasteiger partial charge on any atom is 0.251 e. The Hall–Kier alpha value is -2.51. The normalized spacial score (nSPS) is 10.5. The minimum absolute atomic E-state index is 0.0911. The molecule has 0 saturated carbocycles. The first-order chi connectivity index (χ1) is 10.1. The number of amides is 1. The lowest BCUT2D eigenvalue weighted by atomic mass is 10.1. The summed E-state index contributed by atoms with van der Waals surface area (Å²) in [4.78, 5) is 11.9. The summed E-state index contributed by atoms with van der Waals surface area (Å²) < 4.78 is 28.9. The first-order valence-corrected chi connectivity index (χ1v) is 6.38. The monoisotopic (exact) mass is 295 g/mol. The van der Waals surface area contributed by atoms with E-state index >= 15 is 0 Å². The summed E-state index contributed by atoms with van der Waals surface area (Å²) in [6.45, 7) is 2.71. The van der Waals surface area contributed by atoms with Crippen molar-refractivity contribution in [2.24, 2.45) is 0 Å². The molecule has 0 aliphatic carbocycles. The topological polar surface area (TPSA) is 71.8 Å². The largest absolute Gasteiger partial charge is 0.383 e. The van der Waals surface area contributed by atoms with E-state index in [2.05, 4.69) is 20.8 Å². The summed E-state index contributed by atoms with van der Waals surface area (Å²) in [6.07, 6.45) is 1.54. The number of nitrogens with zero attached hydrogens (tertiary/aromatic N) is 3. The first-order valence-electron chi connectivity index (χ1n) is 6.38. The Morgan fingerprint density at radius 3 is 2.57 bits per heavy atom. The van der Waals surface area contributed by atoms with E-state index in [0.29, 0.717) is 12.4 Å². The average molecular weight is 295 g/mol. The third kappa shape index (κ3) is 3.15. The lowest BCUT2D eigenvalue weighted by Crippen LogP contribution is -2.25. The highest BCUT2D eigenvalue weighted by Gasteiger charge is 2.14. The van der Waals surface area contributed by atoms with Gasteiger partial charge < -0.3 is 15.2 Å². The second kappa shape index (κ2) is 6.29. The van der Waals surface area contributed by atoms with E-state index in [1.807, 2.05) is 6.92 Å². The standard InChI is InChI=1S/C13H15F2N5O/c1-3-20-7-18-19-11(20)6-17-13(21)8-4-9(14)12(16-2)10(15)5-8/h4-5,7,16H,3,6H2,1-2H3,(H,17,21). The van der Waals surface area contributed by atoms with Gasteiger partial charge in [0.1, 0.15) is 23.6 Å². The van der Waals surface area contributed by atoms with Gasteiger partial charge in [-0.25, -0.2) is 8.78 Å². The molecule has 0 bridgehead atoms. The molecule has 0 atom stereocenters. The molecule has 0 radical (unpaired) electrons. The van der Waals surface area contributed by atoms with Gasteiger partial charge in [0, 0.05) is 19.2 Å². The molecule has 2 aromatic rings. The van der Waals surface area contributed by atoms with Crippen molar-refractivity contribution in [3.63, 3.8) is 0 Å². The van der Waals surface area contributed by atoms with Gasteiger partial charge in [-0.15, -0.1) is 10.2 Å². The molecule has 0 unspecified atom stereocenters. The van der Waals surface area contributed by atoms with E-state index in [-0.39, 0.29) is 17.8 Å². The van der Waals surface area contributed by atoms with Crippen LogP contribution in [0, 0.1) is 11.6 Å². The lowest BCUT2D eigenvalue weighted by molar-refractivity contribution is 0.0948. The molecule has 0 aliphatic heterocycles. The molecule has 0 aliphatic rings. The summed E-state index contributed by atoms with van der Waals surface area (Å²) >= 11 is 0. The summed E-state index contributed by atoms with van der Waals surface area (Å²) in [7, 11) is 1.40. The fraction of sp³-hybridized carbons (Fsp3) is 0.308. The molecule has 2 N–H and O–H groups in total. The molecule has 0 saturated heterocycles. The van der Waals surface area contributed by atoms with Crippen molar-refractivity contribution < 1.29 is 13.6 Å². The molecule has 1 aromatic heterocycles. The Balaban J connectivity index is 2.10. The van der Waals surface area contributed by atoms with E-state index < -0.39 is 17.5 Å². The van der Waals surface area contributed by atoms with Crippen molar-refractivity contribution in [2.75, 3.05) is 12.4 Å². The van der Waals surface area contributed by atoms with Crippen molar-refractivity contribution in [3.05, 3.63) is 41.5 Å². The SMILES string of the molecule is CCn1cnnc1CNC(=O)c1cc(F)c(NC)c(F)c1. The van der Waals surface area contributed by atoms with Crippen LogP contribution in [0.4, 0.5) is 14.5 Å². The molecule has 21 heavy (non-hydrogen) atoms. The van der Waals surface area contributed by atoms with Gasteiger partial charge in [-0.3, -0.25) is 4.79 Å². The number of halogens is 2. The van der Waals surface area contributed by atoms with E-state index in [9.17, 15) is 13.6 Å². The van der Waals surface area contributed by atoms with E-state index in [1.165, 1.54) is 7.05 Å². The molecule has 0 fully saturated rings. The number of rotatable bonds is 5. The van der Waals surface area contributed by atoms with Crippen molar-refractivity contribution in [1.29, 1.82) is 0 Å². The highest BCUT2D eigenvalue weighted by atomic mass is 19.1. The summed E-state index contributed by atoms with van der Waals surface area (Å²) in [5, 5.41) is 12.5. The minimum Gasteiger partial charge on any atom is -0.383 e. The van der Waals surface area contributed by atoms with Gasteiger partial charge in [-0.05, 0) is 19.1 Å². The molecule has 6 nitrogen and oxygen atoms in total. The molecule has 1 heterocycles. The number of carbonyl (C=O) groups excluding carboxylic acids is 1. The zero-order valence-corrected chi connectivity index (χ0v) is 11.7. The van der Waals surface area contributed by atoms with E-state index in [4.69, 9.17) is 0 Å². The predicted molar refractivity (Wildman–Crippen MR) is 72.8 cm³/mol. The second-order valence-corrected chi connectivity index (χ2v) is 4.28. The van der Waals surface area contributed by atoms with E-state index in [0.717, 1.165) is 12.1 Å². The molecule has 0 spiro atoms. The Labute approximate surface area is 120 Å². The van der Waals surface area contributed by atoms with Crippen molar-refractivity contribution in [1.82, 2.24) is 20.1 Å². The minimum atomic E-state index is -0.820. The smallest absolute Gasteiger partial charge is 0.251 e. The zero-order valence-electron chi connectivity index (χ0n) is 11.7. The quantitative estimate of drug-likeness (QED) is 0.878. The first kappa shape index (κ1) is 14.9. The number of benzene rings is 1. The highest BCUT2D eigenvalue weighted by Crippen LogP contribution is 2.20. The predicted octanol–water partition coefficient (Wildman–Crippen LogP) is 1.55. The molecular formula is C13H15F2N5O. The van der Waals surface area contributed by atoms with Crippen molar-refractivity contribution in [2.45, 2.75) is 20.0 Å². The fourth-order valence-electron chi connectivity index (χ4n) is 1.88. The fourth-order valence-corrected chi connectivity index (χ4v) is 1.88. The molecular weight excluding hydrogens is 280 g/mol. The molecule has 2 rings (SSSR count). The van der Waals surface area contributed by atoms with Gasteiger partial charge in [-0.1, -0.05) is 0 Å². The van der Waals surface area contributed by atoms with Crippen molar-refractivity contribution >= 4 is 11.6 Å². The summed E-state index contributed by atoms with van der Waals surface area (Å²) in [6, 6.07) is 1.96. The Kier molecular flexibility index (Phi) is 4.46. The molecule has 1 aromatic carbocycles. The number of aromatic nitrogens is 3. The Bertz CT molecular complexity index is 633. The van der Waals surface area contributed by atoms with Crippen LogP contribution in [-0.2, 0) is 13.1 Å². The number of hydrogen-bond donors (Lipinski definition) is 2. The van der Waals surface area contributed by atoms with Gasteiger partial charge in [0.25, 0.3) is 5.91 Å². The zero-order chi connectivity index (χ0) is 15.4. The number of carbonyl (C=O) groups is 1. The average Bonchev–Trinajstić information content (AvgIpc) is 2.91. The molecule has 8 heteroatoms. The van der Waals surface area contributed by atoms with Crippen LogP contribution >= 0.6 is 0 Å². The maximum absolute atomic E-state index is 13.6. The number of nitrogens with one attached hydrogen (secondary N) is 2. The van der Waals surface area contributed by atoms with Gasteiger partial charge in [0.15, 0.2) is 5.82 Å². The van der Waals surface area contributed by atoms with Crippen LogP contribution in [-0.4, -0.2) is 27.7 Å². The van der Waals surface area contributed by atoms with Crippen molar-refractivity contribution in [3.8, 4) is 0 Å². The summed E-state index contributed by atoms with van der Waals surface area (Å²) in [5.74, 6) is -1.65. The van der Waals surface area contributed by atoms with E-state index in [1.54, 1.807) is 10.9 Å². The highest BCUT2D eigenvalue weighted by molar-refractivity contribution is 5.94. The number of anilines is 1. The van der Waals surface area contributed by atoms with Gasteiger partial charge >= 0.3 is 0 Å². The van der Waals surface area contributed by atoms with Crippen LogP contribution in [0.25, 0.3) is 0 Å². The number of aryl methyl sites for hydroxylation is 1. The Morgan fingerprint density at radius 1 is 1.33 bits per heavy atom. The van der Waals surface area contributed by atoms with Gasteiger partial charge in [0.05, 0.1) is 6.54 Å². The third-order valence-corrected chi connectivity index (χ3v) is 3.00. The Morgan fingerprint density at radius 2 is 2.00 bits per heavy atom. The lowest BCUT2D eigenvalue weighted by Gasteiger charge is -2.08. The second-order valence-electron chi connectivity index (χ2n) is 4.28. The van der Waals surface area contributed by atoms with Crippen LogP contribution in [0.15, 0.2) is 18.5 Å². The number of hydrogen-bond acceptors (Lipinski definition) is 4. The van der Waals surface area contributed by atoms with Crippen LogP contribution in [0.5, 0.6) is 0 Å². The van der Waals surface area contributed by atoms with Crippen LogP contribution in [0.1, 0.15) is 23.1 Å². The van der Waals surface area contributed by atoms with Gasteiger partial charge in [-0.2, -0.15) is 0 Å². The molecule has 1 amide bonds. The third-order valence-electron chi connectivity index (χ3n) is 3.00.